The first-order valence-electron chi connectivity index (χ1n) is 8.46. The number of carbonyl (C=O) groups is 1. The van der Waals surface area contributed by atoms with Crippen LogP contribution in [0.25, 0.3) is 0 Å². The van der Waals surface area contributed by atoms with Gasteiger partial charge in [-0.25, -0.2) is 0 Å². The van der Waals surface area contributed by atoms with Gasteiger partial charge in [-0.3, -0.25) is 4.79 Å². The van der Waals surface area contributed by atoms with Crippen molar-refractivity contribution < 1.29 is 14.6 Å². The van der Waals surface area contributed by atoms with E-state index in [1.165, 1.54) is 0 Å². The van der Waals surface area contributed by atoms with Gasteiger partial charge in [0, 0.05) is 12.2 Å². The first kappa shape index (κ1) is 18.8. The van der Waals surface area contributed by atoms with Crippen molar-refractivity contribution in [3.63, 3.8) is 0 Å². The molecule has 2 rings (SSSR count). The molecule has 0 saturated heterocycles. The number of aliphatic hydroxyl groups excluding tert-OH is 1. The molecule has 0 aliphatic heterocycles. The maximum Gasteiger partial charge on any atom is 0.239 e. The molecule has 2 unspecified atom stereocenters. The molecule has 2 aromatic carbocycles. The number of methoxy groups -OCH3 is 1. The molecule has 5 nitrogen and oxygen atoms in total. The number of nitrogens with one attached hydrogen (secondary N) is 1. The Morgan fingerprint density at radius 3 is 2.36 bits per heavy atom. The maximum absolute atomic E-state index is 12.3. The van der Waals surface area contributed by atoms with E-state index in [0.29, 0.717) is 0 Å². The molecule has 134 valence electrons. The number of rotatable bonds is 8. The van der Waals surface area contributed by atoms with E-state index in [9.17, 15) is 9.90 Å². The molecular weight excluding hydrogens is 316 g/mol. The summed E-state index contributed by atoms with van der Waals surface area (Å²) >= 11 is 0. The number of likely N-dealkylation sites (N-methyl/N-ethyl adjacent to an activating group) is 1. The Balaban J connectivity index is 1.94. The lowest BCUT2D eigenvalue weighted by Gasteiger charge is -2.25. The van der Waals surface area contributed by atoms with Crippen LogP contribution in [0.1, 0.15) is 25.5 Å². The van der Waals surface area contributed by atoms with Gasteiger partial charge in [-0.2, -0.15) is 0 Å². The summed E-state index contributed by atoms with van der Waals surface area (Å²) in [6, 6.07) is 16.6. The quantitative estimate of drug-likeness (QED) is 0.774. The standard InChI is InChI=1S/C20H26N2O3/c1-4-22(17-8-6-5-7-9-17)14-19(23)21-15(2)20(24)16-10-12-18(25-3)13-11-16/h5-13,15,20,24H,4,14H2,1-3H3,(H,21,23). The Morgan fingerprint density at radius 2 is 1.80 bits per heavy atom. The maximum atomic E-state index is 12.3. The second kappa shape index (κ2) is 9.08. The van der Waals surface area contributed by atoms with Crippen molar-refractivity contribution in [3.8, 4) is 5.75 Å². The zero-order chi connectivity index (χ0) is 18.2. The Morgan fingerprint density at radius 1 is 1.16 bits per heavy atom. The van der Waals surface area contributed by atoms with Crippen LogP contribution in [0.2, 0.25) is 0 Å². The number of ether oxygens (including phenoxy) is 1. The molecule has 2 N–H and O–H groups in total. The van der Waals surface area contributed by atoms with Crippen LogP contribution in [0, 0.1) is 0 Å². The summed E-state index contributed by atoms with van der Waals surface area (Å²) < 4.78 is 5.12. The molecule has 0 aromatic heterocycles. The molecule has 0 radical (unpaired) electrons. The molecule has 25 heavy (non-hydrogen) atoms. The topological polar surface area (TPSA) is 61.8 Å². The number of benzene rings is 2. The van der Waals surface area contributed by atoms with E-state index in [-0.39, 0.29) is 12.5 Å². The largest absolute Gasteiger partial charge is 0.497 e. The highest BCUT2D eigenvalue weighted by Crippen LogP contribution is 2.20. The SMILES string of the molecule is CCN(CC(=O)NC(C)C(O)c1ccc(OC)cc1)c1ccccc1. The van der Waals surface area contributed by atoms with Crippen molar-refractivity contribution in [3.05, 3.63) is 60.2 Å². The van der Waals surface area contributed by atoms with Crippen molar-refractivity contribution in [1.29, 1.82) is 0 Å². The molecule has 0 saturated carbocycles. The molecule has 0 fully saturated rings. The predicted octanol–water partition coefficient (Wildman–Crippen LogP) is 2.76. The zero-order valence-corrected chi connectivity index (χ0v) is 15.0. The van der Waals surface area contributed by atoms with E-state index in [1.54, 1.807) is 38.3 Å². The Labute approximate surface area is 149 Å². The molecule has 0 aliphatic rings. The number of para-hydroxylation sites is 1. The van der Waals surface area contributed by atoms with Crippen LogP contribution in [-0.4, -0.2) is 37.3 Å². The smallest absolute Gasteiger partial charge is 0.239 e. The van der Waals surface area contributed by atoms with Gasteiger partial charge in [0.25, 0.3) is 0 Å². The highest BCUT2D eigenvalue weighted by atomic mass is 16.5. The summed E-state index contributed by atoms with van der Waals surface area (Å²) in [6.07, 6.45) is -0.776. The van der Waals surface area contributed by atoms with E-state index in [4.69, 9.17) is 4.74 Å². The molecular formula is C20H26N2O3. The van der Waals surface area contributed by atoms with Gasteiger partial charge in [0.15, 0.2) is 0 Å². The third-order valence-corrected chi connectivity index (χ3v) is 4.16. The minimum absolute atomic E-state index is 0.120. The van der Waals surface area contributed by atoms with E-state index in [2.05, 4.69) is 5.32 Å². The minimum atomic E-state index is -0.776. The second-order valence-corrected chi connectivity index (χ2v) is 5.92. The van der Waals surface area contributed by atoms with Gasteiger partial charge in [0.2, 0.25) is 5.91 Å². The number of aliphatic hydroxyl groups is 1. The molecule has 2 aromatic rings. The predicted molar refractivity (Wildman–Crippen MR) is 99.9 cm³/mol. The normalized spacial score (nSPS) is 13.0. The van der Waals surface area contributed by atoms with Crippen LogP contribution in [0.4, 0.5) is 5.69 Å². The van der Waals surface area contributed by atoms with Crippen molar-refractivity contribution in [2.45, 2.75) is 26.0 Å². The summed E-state index contributed by atoms with van der Waals surface area (Å²) in [4.78, 5) is 14.3. The van der Waals surface area contributed by atoms with Gasteiger partial charge in [0.1, 0.15) is 5.75 Å². The molecule has 0 aliphatic carbocycles. The van der Waals surface area contributed by atoms with E-state index in [1.807, 2.05) is 42.2 Å². The van der Waals surface area contributed by atoms with Crippen LogP contribution in [0.3, 0.4) is 0 Å². The van der Waals surface area contributed by atoms with Crippen LogP contribution in [0.5, 0.6) is 5.75 Å². The van der Waals surface area contributed by atoms with Crippen molar-refractivity contribution in [2.24, 2.45) is 0 Å². The van der Waals surface area contributed by atoms with Gasteiger partial charge in [-0.1, -0.05) is 30.3 Å². The highest BCUT2D eigenvalue weighted by molar-refractivity contribution is 5.81. The minimum Gasteiger partial charge on any atom is -0.497 e. The fourth-order valence-corrected chi connectivity index (χ4v) is 2.67. The number of anilines is 1. The summed E-state index contributed by atoms with van der Waals surface area (Å²) in [6.45, 7) is 4.79. The summed E-state index contributed by atoms with van der Waals surface area (Å²) in [5, 5.41) is 13.3. The third-order valence-electron chi connectivity index (χ3n) is 4.16. The summed E-state index contributed by atoms with van der Waals surface area (Å²) in [5.41, 5.74) is 1.74. The van der Waals surface area contributed by atoms with Crippen LogP contribution in [0.15, 0.2) is 54.6 Å². The zero-order valence-electron chi connectivity index (χ0n) is 15.0. The van der Waals surface area contributed by atoms with Crippen LogP contribution < -0.4 is 15.0 Å². The Kier molecular flexibility index (Phi) is 6.83. The monoisotopic (exact) mass is 342 g/mol. The van der Waals surface area contributed by atoms with Crippen molar-refractivity contribution in [1.82, 2.24) is 5.32 Å². The second-order valence-electron chi connectivity index (χ2n) is 5.92. The Hall–Kier alpha value is -2.53. The van der Waals surface area contributed by atoms with Crippen LogP contribution >= 0.6 is 0 Å². The van der Waals surface area contributed by atoms with E-state index >= 15 is 0 Å². The molecule has 2 atom stereocenters. The molecule has 5 heteroatoms. The average Bonchev–Trinajstić information content (AvgIpc) is 2.66. The summed E-state index contributed by atoms with van der Waals surface area (Å²) in [5.74, 6) is 0.611. The molecule has 0 spiro atoms. The Bertz CT molecular complexity index is 658. The van der Waals surface area contributed by atoms with Crippen molar-refractivity contribution >= 4 is 11.6 Å². The molecule has 1 amide bonds. The summed E-state index contributed by atoms with van der Waals surface area (Å²) in [7, 11) is 1.60. The average molecular weight is 342 g/mol. The van der Waals surface area contributed by atoms with Crippen LogP contribution in [-0.2, 0) is 4.79 Å². The third kappa shape index (κ3) is 5.22. The number of hydrogen-bond acceptors (Lipinski definition) is 4. The molecule has 0 bridgehead atoms. The fourth-order valence-electron chi connectivity index (χ4n) is 2.67. The number of carbonyl (C=O) groups excluding carboxylic acids is 1. The van der Waals surface area contributed by atoms with E-state index < -0.39 is 12.1 Å². The lowest BCUT2D eigenvalue weighted by atomic mass is 10.0. The van der Waals surface area contributed by atoms with Gasteiger partial charge in [-0.15, -0.1) is 0 Å². The first-order valence-corrected chi connectivity index (χ1v) is 8.46. The number of nitrogens with zero attached hydrogens (tertiary/aromatic N) is 1. The van der Waals surface area contributed by atoms with Gasteiger partial charge < -0.3 is 20.1 Å². The lowest BCUT2D eigenvalue weighted by molar-refractivity contribution is -0.121. The number of amides is 1. The van der Waals surface area contributed by atoms with Gasteiger partial charge in [0.05, 0.1) is 25.8 Å². The fraction of sp³-hybridized carbons (Fsp3) is 0.350. The van der Waals surface area contributed by atoms with E-state index in [0.717, 1.165) is 23.5 Å². The highest BCUT2D eigenvalue weighted by Gasteiger charge is 2.19. The first-order chi connectivity index (χ1) is 12.0. The van der Waals surface area contributed by atoms with Gasteiger partial charge in [-0.05, 0) is 43.7 Å². The van der Waals surface area contributed by atoms with Gasteiger partial charge >= 0.3 is 0 Å². The molecule has 0 heterocycles. The number of hydrogen-bond donors (Lipinski definition) is 2. The lowest BCUT2D eigenvalue weighted by Crippen LogP contribution is -2.43. The van der Waals surface area contributed by atoms with Crippen molar-refractivity contribution in [2.75, 3.05) is 25.1 Å².